The lowest BCUT2D eigenvalue weighted by Gasteiger charge is -2.17. The molecular weight excluding hydrogens is 126 g/mol. The molecule has 2 heteroatoms. The molecule has 0 aromatic carbocycles. The number of rotatable bonds is 3. The van der Waals surface area contributed by atoms with Gasteiger partial charge < -0.3 is 5.32 Å². The minimum Gasteiger partial charge on any atom is -0.359 e. The summed E-state index contributed by atoms with van der Waals surface area (Å²) in [6.45, 7) is 7.60. The molecule has 1 N–H and O–H groups in total. The summed E-state index contributed by atoms with van der Waals surface area (Å²) in [7, 11) is 1.64. The number of hydrogen-bond donors (Lipinski definition) is 1. The fourth-order valence-electron chi connectivity index (χ4n) is 0.574. The van der Waals surface area contributed by atoms with Crippen molar-refractivity contribution in [2.24, 2.45) is 5.41 Å². The van der Waals surface area contributed by atoms with Crippen molar-refractivity contribution < 1.29 is 4.79 Å². The van der Waals surface area contributed by atoms with Gasteiger partial charge in [0.05, 0.1) is 0 Å². The van der Waals surface area contributed by atoms with Crippen LogP contribution < -0.4 is 5.32 Å². The van der Waals surface area contributed by atoms with Crippen molar-refractivity contribution in [1.82, 2.24) is 5.32 Å². The minimum atomic E-state index is -0.0832. The van der Waals surface area contributed by atoms with Crippen molar-refractivity contribution in [1.29, 1.82) is 0 Å². The summed E-state index contributed by atoms with van der Waals surface area (Å²) in [5.41, 5.74) is -0.0832. The van der Waals surface area contributed by atoms with Gasteiger partial charge in [-0.05, 0) is 5.41 Å². The Kier molecular flexibility index (Phi) is 3.13. The molecular formula is C8H15NO. The number of nitrogens with one attached hydrogen (secondary N) is 1. The Morgan fingerprint density at radius 1 is 1.70 bits per heavy atom. The number of carbonyl (C=O) groups excluding carboxylic acids is 1. The van der Waals surface area contributed by atoms with Crippen LogP contribution in [0.5, 0.6) is 0 Å². The van der Waals surface area contributed by atoms with Crippen LogP contribution in [0.25, 0.3) is 0 Å². The molecule has 10 heavy (non-hydrogen) atoms. The fourth-order valence-corrected chi connectivity index (χ4v) is 0.574. The van der Waals surface area contributed by atoms with Crippen LogP contribution in [0, 0.1) is 5.41 Å². The van der Waals surface area contributed by atoms with Gasteiger partial charge in [0, 0.05) is 13.5 Å². The molecule has 0 rings (SSSR count). The normalized spacial score (nSPS) is 10.7. The average molecular weight is 141 g/mol. The largest absolute Gasteiger partial charge is 0.359 e. The highest BCUT2D eigenvalue weighted by Gasteiger charge is 2.16. The maximum Gasteiger partial charge on any atom is 0.220 e. The summed E-state index contributed by atoms with van der Waals surface area (Å²) in [6, 6.07) is 0. The highest BCUT2D eigenvalue weighted by atomic mass is 16.1. The van der Waals surface area contributed by atoms with Gasteiger partial charge >= 0.3 is 0 Å². The van der Waals surface area contributed by atoms with Crippen molar-refractivity contribution in [2.75, 3.05) is 7.05 Å². The van der Waals surface area contributed by atoms with Crippen LogP contribution in [-0.2, 0) is 4.79 Å². The Morgan fingerprint density at radius 3 is 2.50 bits per heavy atom. The van der Waals surface area contributed by atoms with Gasteiger partial charge in [-0.2, -0.15) is 0 Å². The summed E-state index contributed by atoms with van der Waals surface area (Å²) in [5.74, 6) is 0.0601. The predicted octanol–water partition coefficient (Wildman–Crippen LogP) is 1.33. The van der Waals surface area contributed by atoms with E-state index in [1.807, 2.05) is 13.8 Å². The smallest absolute Gasteiger partial charge is 0.220 e. The van der Waals surface area contributed by atoms with E-state index >= 15 is 0 Å². The van der Waals surface area contributed by atoms with E-state index in [9.17, 15) is 4.79 Å². The van der Waals surface area contributed by atoms with Gasteiger partial charge in [-0.25, -0.2) is 0 Å². The second-order valence-corrected chi connectivity index (χ2v) is 3.04. The van der Waals surface area contributed by atoms with Gasteiger partial charge in [0.25, 0.3) is 0 Å². The molecule has 2 nitrogen and oxygen atoms in total. The summed E-state index contributed by atoms with van der Waals surface area (Å²) < 4.78 is 0. The first-order chi connectivity index (χ1) is 4.52. The van der Waals surface area contributed by atoms with Crippen LogP contribution in [-0.4, -0.2) is 13.0 Å². The monoisotopic (exact) mass is 141 g/mol. The highest BCUT2D eigenvalue weighted by Crippen LogP contribution is 2.20. The molecule has 0 aromatic heterocycles. The molecule has 0 aliphatic rings. The third kappa shape index (κ3) is 3.28. The van der Waals surface area contributed by atoms with Crippen LogP contribution in [0.1, 0.15) is 20.3 Å². The molecule has 0 radical (unpaired) electrons. The zero-order valence-electron chi connectivity index (χ0n) is 6.90. The zero-order valence-corrected chi connectivity index (χ0v) is 6.90. The molecule has 0 unspecified atom stereocenters. The van der Waals surface area contributed by atoms with Gasteiger partial charge in [-0.15, -0.1) is 6.58 Å². The molecule has 0 atom stereocenters. The summed E-state index contributed by atoms with van der Waals surface area (Å²) in [6.07, 6.45) is 2.30. The first-order valence-corrected chi connectivity index (χ1v) is 3.36. The maximum atomic E-state index is 10.8. The van der Waals surface area contributed by atoms with Crippen molar-refractivity contribution in [3.8, 4) is 0 Å². The van der Waals surface area contributed by atoms with E-state index in [1.54, 1.807) is 13.1 Å². The topological polar surface area (TPSA) is 29.1 Å². The van der Waals surface area contributed by atoms with Crippen LogP contribution in [0.15, 0.2) is 12.7 Å². The Balaban J connectivity index is 3.88. The molecule has 1 amide bonds. The minimum absolute atomic E-state index is 0.0601. The van der Waals surface area contributed by atoms with Crippen molar-refractivity contribution in [2.45, 2.75) is 20.3 Å². The van der Waals surface area contributed by atoms with Crippen molar-refractivity contribution >= 4 is 5.91 Å². The average Bonchev–Trinajstić information content (AvgIpc) is 1.87. The molecule has 0 fully saturated rings. The van der Waals surface area contributed by atoms with Crippen LogP contribution in [0.3, 0.4) is 0 Å². The molecule has 0 aliphatic carbocycles. The number of amides is 1. The van der Waals surface area contributed by atoms with Crippen molar-refractivity contribution in [3.63, 3.8) is 0 Å². The lowest BCUT2D eigenvalue weighted by molar-refractivity contribution is -0.121. The van der Waals surface area contributed by atoms with Crippen molar-refractivity contribution in [3.05, 3.63) is 12.7 Å². The van der Waals surface area contributed by atoms with E-state index in [0.29, 0.717) is 6.42 Å². The van der Waals surface area contributed by atoms with Gasteiger partial charge in [0.15, 0.2) is 0 Å². The lowest BCUT2D eigenvalue weighted by atomic mass is 9.89. The Morgan fingerprint density at radius 2 is 2.20 bits per heavy atom. The van der Waals surface area contributed by atoms with E-state index in [1.165, 1.54) is 0 Å². The third-order valence-corrected chi connectivity index (χ3v) is 1.45. The quantitative estimate of drug-likeness (QED) is 0.590. The second-order valence-electron chi connectivity index (χ2n) is 3.04. The molecule has 0 saturated carbocycles. The fraction of sp³-hybridized carbons (Fsp3) is 0.625. The molecule has 0 bridgehead atoms. The second kappa shape index (κ2) is 3.40. The summed E-state index contributed by atoms with van der Waals surface area (Å²) in [4.78, 5) is 10.8. The molecule has 0 aromatic rings. The van der Waals surface area contributed by atoms with Crippen LogP contribution >= 0.6 is 0 Å². The number of allylic oxidation sites excluding steroid dienone is 1. The molecule has 0 saturated heterocycles. The Labute approximate surface area is 62.3 Å². The molecule has 58 valence electrons. The summed E-state index contributed by atoms with van der Waals surface area (Å²) >= 11 is 0. The molecule has 0 aliphatic heterocycles. The predicted molar refractivity (Wildman–Crippen MR) is 42.7 cm³/mol. The zero-order chi connectivity index (χ0) is 8.20. The summed E-state index contributed by atoms with van der Waals surface area (Å²) in [5, 5.41) is 2.57. The van der Waals surface area contributed by atoms with E-state index < -0.39 is 0 Å². The van der Waals surface area contributed by atoms with E-state index in [4.69, 9.17) is 0 Å². The van der Waals surface area contributed by atoms with Gasteiger partial charge in [-0.1, -0.05) is 19.9 Å². The van der Waals surface area contributed by atoms with E-state index in [2.05, 4.69) is 11.9 Å². The van der Waals surface area contributed by atoms with Gasteiger partial charge in [0.2, 0.25) is 5.91 Å². The third-order valence-electron chi connectivity index (χ3n) is 1.45. The van der Waals surface area contributed by atoms with Crippen LogP contribution in [0.4, 0.5) is 0 Å². The Hall–Kier alpha value is -0.790. The first-order valence-electron chi connectivity index (χ1n) is 3.36. The molecule has 0 heterocycles. The van der Waals surface area contributed by atoms with Crippen LogP contribution in [0.2, 0.25) is 0 Å². The first kappa shape index (κ1) is 9.21. The van der Waals surface area contributed by atoms with E-state index in [0.717, 1.165) is 0 Å². The SMILES string of the molecule is C=CC(C)(C)CC(=O)NC. The Bertz CT molecular complexity index is 138. The van der Waals surface area contributed by atoms with Gasteiger partial charge in [0.1, 0.15) is 0 Å². The lowest BCUT2D eigenvalue weighted by Crippen LogP contribution is -2.24. The van der Waals surface area contributed by atoms with E-state index in [-0.39, 0.29) is 11.3 Å². The highest BCUT2D eigenvalue weighted by molar-refractivity contribution is 5.76. The maximum absolute atomic E-state index is 10.8. The van der Waals surface area contributed by atoms with Gasteiger partial charge in [-0.3, -0.25) is 4.79 Å². The molecule has 0 spiro atoms. The number of hydrogen-bond acceptors (Lipinski definition) is 1. The number of carbonyl (C=O) groups is 1. The standard InChI is InChI=1S/C8H15NO/c1-5-8(2,3)6-7(10)9-4/h5H,1,6H2,2-4H3,(H,9,10).